The molecule has 2 aromatic rings. The normalized spacial score (nSPS) is 10.0. The van der Waals surface area contributed by atoms with Gasteiger partial charge in [-0.2, -0.15) is 5.26 Å². The number of carbonyl (C=O) groups excluding carboxylic acids is 1. The number of carbonyl (C=O) groups is 1. The Morgan fingerprint density at radius 2 is 2.32 bits per heavy atom. The fourth-order valence-corrected chi connectivity index (χ4v) is 3.31. The second-order valence-corrected chi connectivity index (χ2v) is 6.68. The topological polar surface area (TPSA) is 90.7 Å². The molecule has 1 heterocycles. The highest BCUT2D eigenvalue weighted by Crippen LogP contribution is 2.26. The molecule has 0 aliphatic heterocycles. The molecule has 0 bridgehead atoms. The summed E-state index contributed by atoms with van der Waals surface area (Å²) in [5.74, 6) is -0.0537. The third kappa shape index (κ3) is 4.59. The zero-order valence-corrected chi connectivity index (χ0v) is 14.0. The number of rotatable bonds is 6. The fourth-order valence-electron chi connectivity index (χ4n) is 1.52. The number of aromatic nitrogens is 2. The number of hydrogen-bond donors (Lipinski definition) is 2. The first-order valence-corrected chi connectivity index (χ1v) is 8.50. The minimum Gasteiger partial charge on any atom is -0.360 e. The zero-order chi connectivity index (χ0) is 15.9. The summed E-state index contributed by atoms with van der Waals surface area (Å²) in [7, 11) is 0. The van der Waals surface area contributed by atoms with Gasteiger partial charge in [0.2, 0.25) is 11.0 Å². The maximum Gasteiger partial charge on any atom is 0.234 e. The molecular weight excluding hydrogens is 342 g/mol. The molecule has 0 saturated carbocycles. The van der Waals surface area contributed by atoms with Gasteiger partial charge in [0.15, 0.2) is 4.34 Å². The van der Waals surface area contributed by atoms with E-state index >= 15 is 0 Å². The van der Waals surface area contributed by atoms with Crippen molar-refractivity contribution < 1.29 is 4.79 Å². The summed E-state index contributed by atoms with van der Waals surface area (Å²) in [4.78, 5) is 12.0. The van der Waals surface area contributed by atoms with Gasteiger partial charge in [-0.3, -0.25) is 4.79 Å². The van der Waals surface area contributed by atoms with Crippen LogP contribution < -0.4 is 10.6 Å². The zero-order valence-electron chi connectivity index (χ0n) is 11.6. The number of nitrogens with one attached hydrogen (secondary N) is 2. The molecule has 0 aliphatic rings. The highest BCUT2D eigenvalue weighted by molar-refractivity contribution is 8.01. The molecule has 2 rings (SSSR count). The number of thioether (sulfide) groups is 1. The van der Waals surface area contributed by atoms with Crippen LogP contribution in [0.1, 0.15) is 12.5 Å². The van der Waals surface area contributed by atoms with Crippen molar-refractivity contribution in [3.05, 3.63) is 28.8 Å². The van der Waals surface area contributed by atoms with Crippen LogP contribution in [-0.4, -0.2) is 28.4 Å². The van der Waals surface area contributed by atoms with Crippen LogP contribution in [0.5, 0.6) is 0 Å². The van der Waals surface area contributed by atoms with Crippen LogP contribution in [0.2, 0.25) is 5.02 Å². The number of nitrogens with zero attached hydrogens (tertiary/aromatic N) is 3. The first kappa shape index (κ1) is 16.5. The molecule has 2 N–H and O–H groups in total. The lowest BCUT2D eigenvalue weighted by molar-refractivity contribution is -0.113. The third-order valence-corrected chi connectivity index (χ3v) is 4.69. The van der Waals surface area contributed by atoms with Gasteiger partial charge in [0, 0.05) is 11.6 Å². The van der Waals surface area contributed by atoms with Crippen molar-refractivity contribution in [1.82, 2.24) is 10.2 Å². The molecule has 0 unspecified atom stereocenters. The summed E-state index contributed by atoms with van der Waals surface area (Å²) in [6.45, 7) is 2.74. The van der Waals surface area contributed by atoms with Gasteiger partial charge in [-0.05, 0) is 25.1 Å². The van der Waals surface area contributed by atoms with E-state index in [-0.39, 0.29) is 11.7 Å². The quantitative estimate of drug-likeness (QED) is 0.775. The Morgan fingerprint density at radius 1 is 1.50 bits per heavy atom. The molecule has 22 heavy (non-hydrogen) atoms. The molecule has 0 aliphatic carbocycles. The molecule has 9 heteroatoms. The van der Waals surface area contributed by atoms with Crippen LogP contribution in [0.15, 0.2) is 22.5 Å². The van der Waals surface area contributed by atoms with Gasteiger partial charge in [-0.25, -0.2) is 0 Å². The number of benzene rings is 1. The van der Waals surface area contributed by atoms with Crippen LogP contribution >= 0.6 is 34.7 Å². The summed E-state index contributed by atoms with van der Waals surface area (Å²) in [5.41, 5.74) is 0.777. The van der Waals surface area contributed by atoms with Crippen molar-refractivity contribution in [3.8, 4) is 6.07 Å². The molecule has 0 saturated heterocycles. The largest absolute Gasteiger partial charge is 0.360 e. The Kier molecular flexibility index (Phi) is 6.00. The highest BCUT2D eigenvalue weighted by Gasteiger charge is 2.10. The summed E-state index contributed by atoms with van der Waals surface area (Å²) in [5, 5.41) is 23.9. The minimum absolute atomic E-state index is 0.179. The van der Waals surface area contributed by atoms with Crippen molar-refractivity contribution in [2.45, 2.75) is 11.3 Å². The van der Waals surface area contributed by atoms with Gasteiger partial charge in [-0.15, -0.1) is 10.2 Å². The lowest BCUT2D eigenvalue weighted by Crippen LogP contribution is -2.14. The van der Waals surface area contributed by atoms with E-state index in [1.165, 1.54) is 23.1 Å². The van der Waals surface area contributed by atoms with Gasteiger partial charge >= 0.3 is 0 Å². The maximum absolute atomic E-state index is 12.0. The fraction of sp³-hybridized carbons (Fsp3) is 0.231. The first-order valence-electron chi connectivity index (χ1n) is 6.32. The van der Waals surface area contributed by atoms with Gasteiger partial charge < -0.3 is 10.6 Å². The average Bonchev–Trinajstić information content (AvgIpc) is 2.94. The van der Waals surface area contributed by atoms with Crippen molar-refractivity contribution in [3.63, 3.8) is 0 Å². The van der Waals surface area contributed by atoms with E-state index in [2.05, 4.69) is 20.8 Å². The van der Waals surface area contributed by atoms with E-state index in [9.17, 15) is 4.79 Å². The van der Waals surface area contributed by atoms with Crippen LogP contribution in [0.4, 0.5) is 10.8 Å². The Labute approximate surface area is 140 Å². The Bertz CT molecular complexity index is 713. The van der Waals surface area contributed by atoms with E-state index in [0.717, 1.165) is 11.7 Å². The molecule has 1 aromatic carbocycles. The van der Waals surface area contributed by atoms with Crippen molar-refractivity contribution >= 4 is 51.4 Å². The van der Waals surface area contributed by atoms with E-state index in [1.54, 1.807) is 18.2 Å². The predicted octanol–water partition coefficient (Wildman–Crippen LogP) is 3.23. The minimum atomic E-state index is -0.232. The Hall–Kier alpha value is -1.82. The van der Waals surface area contributed by atoms with Gasteiger partial charge in [-0.1, -0.05) is 34.7 Å². The van der Waals surface area contributed by atoms with Crippen LogP contribution in [0.25, 0.3) is 0 Å². The number of nitriles is 1. The summed E-state index contributed by atoms with van der Waals surface area (Å²) in [6.07, 6.45) is 0. The SMILES string of the molecule is CCNc1nnc(SCC(=O)Nc2cc(Cl)ccc2C#N)s1. The van der Waals surface area contributed by atoms with Gasteiger partial charge in [0.25, 0.3) is 0 Å². The standard InChI is InChI=1S/C13H12ClN5OS2/c1-2-16-12-18-19-13(22-12)21-7-11(20)17-10-5-9(14)4-3-8(10)6-15/h3-5H,2,7H2,1H3,(H,16,18)(H,17,20). The van der Waals surface area contributed by atoms with Crippen LogP contribution in [0.3, 0.4) is 0 Å². The van der Waals surface area contributed by atoms with Crippen molar-refractivity contribution in [2.24, 2.45) is 0 Å². The van der Waals surface area contributed by atoms with Crippen molar-refractivity contribution in [2.75, 3.05) is 22.9 Å². The second kappa shape index (κ2) is 7.98. The van der Waals surface area contributed by atoms with E-state index in [1.807, 2.05) is 13.0 Å². The lowest BCUT2D eigenvalue weighted by Gasteiger charge is -2.06. The smallest absolute Gasteiger partial charge is 0.234 e. The molecule has 0 radical (unpaired) electrons. The Balaban J connectivity index is 1.93. The maximum atomic E-state index is 12.0. The summed E-state index contributed by atoms with van der Waals surface area (Å²) in [6, 6.07) is 6.74. The van der Waals surface area contributed by atoms with E-state index in [0.29, 0.717) is 20.6 Å². The first-order chi connectivity index (χ1) is 10.6. The molecule has 0 fully saturated rings. The van der Waals surface area contributed by atoms with E-state index in [4.69, 9.17) is 16.9 Å². The number of halogens is 1. The molecule has 1 aromatic heterocycles. The average molecular weight is 354 g/mol. The molecule has 6 nitrogen and oxygen atoms in total. The molecule has 0 atom stereocenters. The number of anilines is 2. The summed E-state index contributed by atoms with van der Waals surface area (Å²) >= 11 is 8.55. The predicted molar refractivity (Wildman–Crippen MR) is 89.6 cm³/mol. The van der Waals surface area contributed by atoms with Crippen LogP contribution in [0, 0.1) is 11.3 Å². The van der Waals surface area contributed by atoms with Crippen LogP contribution in [-0.2, 0) is 4.79 Å². The molecule has 0 spiro atoms. The Morgan fingerprint density at radius 3 is 3.05 bits per heavy atom. The number of amides is 1. The van der Waals surface area contributed by atoms with Gasteiger partial charge in [0.05, 0.1) is 17.0 Å². The third-order valence-electron chi connectivity index (χ3n) is 2.44. The van der Waals surface area contributed by atoms with Gasteiger partial charge in [0.1, 0.15) is 6.07 Å². The lowest BCUT2D eigenvalue weighted by atomic mass is 10.2. The molecule has 114 valence electrons. The monoisotopic (exact) mass is 353 g/mol. The second-order valence-electron chi connectivity index (χ2n) is 4.04. The summed E-state index contributed by atoms with van der Waals surface area (Å²) < 4.78 is 0.706. The number of hydrogen-bond acceptors (Lipinski definition) is 7. The van der Waals surface area contributed by atoms with E-state index < -0.39 is 0 Å². The molecule has 1 amide bonds. The van der Waals surface area contributed by atoms with Crippen molar-refractivity contribution in [1.29, 1.82) is 5.26 Å². The highest BCUT2D eigenvalue weighted by atomic mass is 35.5. The molecular formula is C13H12ClN5OS2.